The summed E-state index contributed by atoms with van der Waals surface area (Å²) in [5.41, 5.74) is 6.80. The molecule has 0 saturated heterocycles. The smallest absolute Gasteiger partial charge is 0.128 e. The van der Waals surface area contributed by atoms with Crippen LogP contribution in [0.15, 0.2) is 18.2 Å². The van der Waals surface area contributed by atoms with E-state index >= 15 is 0 Å². The quantitative estimate of drug-likeness (QED) is 0.861. The topological polar surface area (TPSA) is 29.3 Å². The van der Waals surface area contributed by atoms with Gasteiger partial charge in [-0.1, -0.05) is 44.1 Å². The molecule has 2 nitrogen and oxygen atoms in total. The van der Waals surface area contributed by atoms with E-state index in [9.17, 15) is 4.39 Å². The zero-order chi connectivity index (χ0) is 15.1. The molecule has 3 heteroatoms. The van der Waals surface area contributed by atoms with Gasteiger partial charge in [-0.3, -0.25) is 4.90 Å². The van der Waals surface area contributed by atoms with Crippen LogP contribution >= 0.6 is 0 Å². The lowest BCUT2D eigenvalue weighted by Crippen LogP contribution is -2.36. The van der Waals surface area contributed by atoms with Crippen molar-refractivity contribution < 1.29 is 4.39 Å². The van der Waals surface area contributed by atoms with E-state index in [1.54, 1.807) is 0 Å². The Hall–Kier alpha value is -1.37. The van der Waals surface area contributed by atoms with Crippen LogP contribution in [0.1, 0.15) is 50.2 Å². The number of nitrogens with two attached hydrogens (primary N) is 1. The average Bonchev–Trinajstić information content (AvgIpc) is 2.53. The van der Waals surface area contributed by atoms with Crippen LogP contribution in [-0.4, -0.2) is 24.0 Å². The molecule has 1 aromatic carbocycles. The first-order valence-electron chi connectivity index (χ1n) is 7.96. The zero-order valence-corrected chi connectivity index (χ0v) is 12.9. The zero-order valence-electron chi connectivity index (χ0n) is 12.9. The van der Waals surface area contributed by atoms with Crippen molar-refractivity contribution in [3.05, 3.63) is 35.1 Å². The molecule has 0 aromatic heterocycles. The third kappa shape index (κ3) is 4.56. The van der Waals surface area contributed by atoms with Gasteiger partial charge < -0.3 is 5.73 Å². The molecule has 0 aliphatic heterocycles. The summed E-state index contributed by atoms with van der Waals surface area (Å²) in [5.74, 6) is 5.47. The molecule has 2 rings (SSSR count). The van der Waals surface area contributed by atoms with Crippen molar-refractivity contribution in [3.8, 4) is 11.8 Å². The van der Waals surface area contributed by atoms with Crippen LogP contribution in [0.2, 0.25) is 0 Å². The van der Waals surface area contributed by atoms with Gasteiger partial charge >= 0.3 is 0 Å². The second kappa shape index (κ2) is 8.17. The summed E-state index contributed by atoms with van der Waals surface area (Å²) in [4.78, 5) is 2.41. The molecule has 0 bridgehead atoms. The molecule has 0 atom stereocenters. The summed E-state index contributed by atoms with van der Waals surface area (Å²) in [6.45, 7) is 4.12. The fraction of sp³-hybridized carbons (Fsp3) is 0.556. The molecular formula is C18H25FN2. The van der Waals surface area contributed by atoms with E-state index in [4.69, 9.17) is 5.73 Å². The molecule has 1 saturated carbocycles. The lowest BCUT2D eigenvalue weighted by Gasteiger charge is -2.33. The maximum atomic E-state index is 14.2. The molecule has 1 aromatic rings. The highest BCUT2D eigenvalue weighted by atomic mass is 19.1. The summed E-state index contributed by atoms with van der Waals surface area (Å²) in [6, 6.07) is 5.88. The fourth-order valence-corrected chi connectivity index (χ4v) is 3.07. The SMILES string of the molecule is CCN(Cc1ccc(C#CCN)cc1F)C1CCCCC1. The van der Waals surface area contributed by atoms with Crippen LogP contribution in [0.5, 0.6) is 0 Å². The molecule has 114 valence electrons. The monoisotopic (exact) mass is 288 g/mol. The first kappa shape index (κ1) is 16.0. The Bertz CT molecular complexity index is 510. The van der Waals surface area contributed by atoms with Gasteiger partial charge in [-0.2, -0.15) is 0 Å². The van der Waals surface area contributed by atoms with Crippen molar-refractivity contribution in [3.63, 3.8) is 0 Å². The largest absolute Gasteiger partial charge is 0.320 e. The highest BCUT2D eigenvalue weighted by molar-refractivity contribution is 5.37. The van der Waals surface area contributed by atoms with Gasteiger partial charge in [0.2, 0.25) is 0 Å². The maximum absolute atomic E-state index is 14.2. The molecule has 0 amide bonds. The van der Waals surface area contributed by atoms with Crippen LogP contribution in [0.25, 0.3) is 0 Å². The molecule has 21 heavy (non-hydrogen) atoms. The third-order valence-electron chi connectivity index (χ3n) is 4.26. The summed E-state index contributed by atoms with van der Waals surface area (Å²) in [6.07, 6.45) is 6.44. The van der Waals surface area contributed by atoms with Gasteiger partial charge in [-0.25, -0.2) is 4.39 Å². The van der Waals surface area contributed by atoms with Gasteiger partial charge in [0.25, 0.3) is 0 Å². The van der Waals surface area contributed by atoms with E-state index in [0.29, 0.717) is 24.7 Å². The second-order valence-corrected chi connectivity index (χ2v) is 5.67. The van der Waals surface area contributed by atoms with E-state index in [0.717, 1.165) is 12.1 Å². The highest BCUT2D eigenvalue weighted by Crippen LogP contribution is 2.24. The van der Waals surface area contributed by atoms with E-state index in [1.807, 2.05) is 12.1 Å². The molecule has 0 radical (unpaired) electrons. The average molecular weight is 288 g/mol. The first-order valence-corrected chi connectivity index (χ1v) is 7.96. The van der Waals surface area contributed by atoms with E-state index in [1.165, 1.54) is 38.2 Å². The maximum Gasteiger partial charge on any atom is 0.128 e. The minimum Gasteiger partial charge on any atom is -0.320 e. The number of hydrogen-bond donors (Lipinski definition) is 1. The van der Waals surface area contributed by atoms with Gasteiger partial charge in [0.15, 0.2) is 0 Å². The summed E-state index contributed by atoms with van der Waals surface area (Å²) < 4.78 is 14.2. The molecule has 0 heterocycles. The Balaban J connectivity index is 2.06. The summed E-state index contributed by atoms with van der Waals surface area (Å²) >= 11 is 0. The number of benzene rings is 1. The standard InChI is InChI=1S/C18H25FN2/c1-2-21(17-8-4-3-5-9-17)14-16-11-10-15(7-6-12-20)13-18(16)19/h10-11,13,17H,2-5,8-9,12,14,20H2,1H3. The van der Waals surface area contributed by atoms with Crippen molar-refractivity contribution in [1.29, 1.82) is 0 Å². The van der Waals surface area contributed by atoms with Gasteiger partial charge in [0, 0.05) is 23.7 Å². The molecule has 1 fully saturated rings. The molecule has 1 aliphatic rings. The van der Waals surface area contributed by atoms with Crippen molar-refractivity contribution in [2.24, 2.45) is 5.73 Å². The number of rotatable bonds is 4. The van der Waals surface area contributed by atoms with Crippen LogP contribution in [0, 0.1) is 17.7 Å². The van der Waals surface area contributed by atoms with Crippen LogP contribution in [0.4, 0.5) is 4.39 Å². The molecule has 2 N–H and O–H groups in total. The second-order valence-electron chi connectivity index (χ2n) is 5.67. The number of hydrogen-bond acceptors (Lipinski definition) is 2. The van der Waals surface area contributed by atoms with Gasteiger partial charge in [0.1, 0.15) is 5.82 Å². The Morgan fingerprint density at radius 2 is 2.05 bits per heavy atom. The van der Waals surface area contributed by atoms with Crippen molar-refractivity contribution in [2.75, 3.05) is 13.1 Å². The Labute approximate surface area is 127 Å². The van der Waals surface area contributed by atoms with Crippen LogP contribution < -0.4 is 5.73 Å². The Morgan fingerprint density at radius 1 is 1.29 bits per heavy atom. The Kier molecular flexibility index (Phi) is 6.22. The van der Waals surface area contributed by atoms with Crippen LogP contribution in [-0.2, 0) is 6.54 Å². The van der Waals surface area contributed by atoms with Gasteiger partial charge in [0.05, 0.1) is 6.54 Å². The highest BCUT2D eigenvalue weighted by Gasteiger charge is 2.20. The minimum absolute atomic E-state index is 0.159. The van der Waals surface area contributed by atoms with E-state index in [2.05, 4.69) is 23.7 Å². The molecular weight excluding hydrogens is 263 g/mol. The predicted molar refractivity (Wildman–Crippen MR) is 85.3 cm³/mol. The van der Waals surface area contributed by atoms with Crippen LogP contribution in [0.3, 0.4) is 0 Å². The lowest BCUT2D eigenvalue weighted by atomic mass is 9.94. The van der Waals surface area contributed by atoms with Gasteiger partial charge in [-0.15, -0.1) is 0 Å². The summed E-state index contributed by atoms with van der Waals surface area (Å²) in [5, 5.41) is 0. The number of halogens is 1. The first-order chi connectivity index (χ1) is 10.2. The third-order valence-corrected chi connectivity index (χ3v) is 4.26. The number of nitrogens with zero attached hydrogens (tertiary/aromatic N) is 1. The van der Waals surface area contributed by atoms with Crippen molar-refractivity contribution in [1.82, 2.24) is 4.90 Å². The molecule has 1 aliphatic carbocycles. The molecule has 0 spiro atoms. The van der Waals surface area contributed by atoms with Crippen molar-refractivity contribution >= 4 is 0 Å². The Morgan fingerprint density at radius 3 is 2.67 bits per heavy atom. The van der Waals surface area contributed by atoms with Crippen molar-refractivity contribution in [2.45, 2.75) is 51.6 Å². The fourth-order valence-electron chi connectivity index (χ4n) is 3.07. The minimum atomic E-state index is -0.159. The summed E-state index contributed by atoms with van der Waals surface area (Å²) in [7, 11) is 0. The van der Waals surface area contributed by atoms with Gasteiger partial charge in [-0.05, 0) is 31.5 Å². The lowest BCUT2D eigenvalue weighted by molar-refractivity contribution is 0.154. The van der Waals surface area contributed by atoms with E-state index < -0.39 is 0 Å². The predicted octanol–water partition coefficient (Wildman–Crippen LogP) is 3.29. The van der Waals surface area contributed by atoms with E-state index in [-0.39, 0.29) is 5.82 Å². The normalized spacial score (nSPS) is 15.8. The molecule has 0 unspecified atom stereocenters.